The van der Waals surface area contributed by atoms with Gasteiger partial charge in [-0.2, -0.15) is 0 Å². The first-order valence-electron chi connectivity index (χ1n) is 6.48. The highest BCUT2D eigenvalue weighted by molar-refractivity contribution is 6.05. The fourth-order valence-electron chi connectivity index (χ4n) is 2.02. The van der Waals surface area contributed by atoms with Gasteiger partial charge in [0.15, 0.2) is 0 Å². The van der Waals surface area contributed by atoms with Gasteiger partial charge in [0.05, 0.1) is 23.6 Å². The molecule has 6 heteroatoms. The Labute approximate surface area is 121 Å². The number of methoxy groups -OCH3 is 1. The van der Waals surface area contributed by atoms with Gasteiger partial charge in [-0.25, -0.2) is 0 Å². The van der Waals surface area contributed by atoms with E-state index in [9.17, 15) is 9.59 Å². The maximum Gasteiger partial charge on any atom is 0.306 e. The summed E-state index contributed by atoms with van der Waals surface area (Å²) < 4.78 is 5.02. The minimum Gasteiger partial charge on any atom is -0.481 e. The zero-order valence-corrected chi connectivity index (χ0v) is 11.6. The van der Waals surface area contributed by atoms with Crippen LogP contribution in [0.25, 0.3) is 10.9 Å². The van der Waals surface area contributed by atoms with Crippen molar-refractivity contribution in [2.24, 2.45) is 0 Å². The first-order chi connectivity index (χ1) is 10.1. The van der Waals surface area contributed by atoms with Crippen LogP contribution in [0.4, 0.5) is 0 Å². The van der Waals surface area contributed by atoms with Crippen LogP contribution in [0.5, 0.6) is 0 Å². The van der Waals surface area contributed by atoms with Gasteiger partial charge in [0.25, 0.3) is 5.91 Å². The number of rotatable bonds is 6. The lowest BCUT2D eigenvalue weighted by atomic mass is 10.1. The number of carboxylic acid groups (broad SMARTS) is 1. The number of aliphatic carboxylic acids is 1. The summed E-state index contributed by atoms with van der Waals surface area (Å²) in [6.45, 7) is 0.130. The predicted octanol–water partition coefficient (Wildman–Crippen LogP) is 1.45. The second-order valence-electron chi connectivity index (χ2n) is 4.55. The average Bonchev–Trinajstić information content (AvgIpc) is 2.50. The molecule has 0 saturated carbocycles. The van der Waals surface area contributed by atoms with Crippen molar-refractivity contribution in [1.82, 2.24) is 10.3 Å². The Kier molecular flexibility index (Phi) is 4.84. The molecule has 110 valence electrons. The monoisotopic (exact) mass is 288 g/mol. The van der Waals surface area contributed by atoms with E-state index in [0.29, 0.717) is 11.1 Å². The van der Waals surface area contributed by atoms with E-state index in [1.165, 1.54) is 7.11 Å². The molecule has 0 saturated heterocycles. The first kappa shape index (κ1) is 14.9. The number of fused-ring (bicyclic) bond motifs is 1. The number of pyridine rings is 1. The highest BCUT2D eigenvalue weighted by Gasteiger charge is 2.15. The van der Waals surface area contributed by atoms with Crippen molar-refractivity contribution >= 4 is 22.8 Å². The highest BCUT2D eigenvalue weighted by atomic mass is 16.5. The highest BCUT2D eigenvalue weighted by Crippen LogP contribution is 2.15. The van der Waals surface area contributed by atoms with E-state index < -0.39 is 12.1 Å². The maximum atomic E-state index is 12.2. The van der Waals surface area contributed by atoms with Crippen LogP contribution < -0.4 is 5.32 Å². The Morgan fingerprint density at radius 2 is 2.10 bits per heavy atom. The number of nitrogens with one attached hydrogen (secondary N) is 1. The summed E-state index contributed by atoms with van der Waals surface area (Å²) in [5.74, 6) is -1.27. The molecule has 1 heterocycles. The molecule has 1 amide bonds. The van der Waals surface area contributed by atoms with Crippen molar-refractivity contribution < 1.29 is 19.4 Å². The summed E-state index contributed by atoms with van der Waals surface area (Å²) in [6.07, 6.45) is 0.904. The molecular weight excluding hydrogens is 272 g/mol. The SMILES string of the molecule is COC(CNC(=O)c1cccc2cccnc12)CC(=O)O. The number of amides is 1. The number of hydrogen-bond acceptors (Lipinski definition) is 4. The quantitative estimate of drug-likeness (QED) is 0.840. The number of carbonyl (C=O) groups excluding carboxylic acids is 1. The van der Waals surface area contributed by atoms with Gasteiger partial charge in [-0.15, -0.1) is 0 Å². The lowest BCUT2D eigenvalue weighted by Gasteiger charge is -2.14. The van der Waals surface area contributed by atoms with Gasteiger partial charge in [-0.05, 0) is 12.1 Å². The normalized spacial score (nSPS) is 12.0. The van der Waals surface area contributed by atoms with Gasteiger partial charge >= 0.3 is 5.97 Å². The minimum absolute atomic E-state index is 0.130. The van der Waals surface area contributed by atoms with Crippen molar-refractivity contribution in [3.63, 3.8) is 0 Å². The van der Waals surface area contributed by atoms with Gasteiger partial charge in [0.2, 0.25) is 0 Å². The Morgan fingerprint density at radius 1 is 1.33 bits per heavy atom. The molecule has 21 heavy (non-hydrogen) atoms. The van der Waals surface area contributed by atoms with E-state index >= 15 is 0 Å². The van der Waals surface area contributed by atoms with E-state index in [1.807, 2.05) is 12.1 Å². The van der Waals surface area contributed by atoms with Crippen molar-refractivity contribution in [3.05, 3.63) is 42.1 Å². The molecule has 0 fully saturated rings. The Balaban J connectivity index is 2.10. The number of benzene rings is 1. The second kappa shape index (κ2) is 6.81. The summed E-state index contributed by atoms with van der Waals surface area (Å²) in [6, 6.07) is 9.02. The van der Waals surface area contributed by atoms with Crippen molar-refractivity contribution in [3.8, 4) is 0 Å². The number of nitrogens with zero attached hydrogens (tertiary/aromatic N) is 1. The van der Waals surface area contributed by atoms with Crippen LogP contribution in [-0.2, 0) is 9.53 Å². The van der Waals surface area contributed by atoms with Crippen LogP contribution >= 0.6 is 0 Å². The second-order valence-corrected chi connectivity index (χ2v) is 4.55. The molecule has 0 bridgehead atoms. The van der Waals surface area contributed by atoms with Crippen LogP contribution in [0.2, 0.25) is 0 Å². The molecule has 0 aliphatic rings. The fourth-order valence-corrected chi connectivity index (χ4v) is 2.02. The number of para-hydroxylation sites is 1. The molecule has 1 aromatic carbocycles. The number of ether oxygens (including phenoxy) is 1. The molecule has 0 aliphatic heterocycles. The van der Waals surface area contributed by atoms with E-state index in [2.05, 4.69) is 10.3 Å². The first-order valence-corrected chi connectivity index (χ1v) is 6.48. The fraction of sp³-hybridized carbons (Fsp3) is 0.267. The summed E-state index contributed by atoms with van der Waals surface area (Å²) in [5.41, 5.74) is 1.07. The molecule has 0 radical (unpaired) electrons. The third kappa shape index (κ3) is 3.76. The third-order valence-electron chi connectivity index (χ3n) is 3.10. The van der Waals surface area contributed by atoms with Crippen molar-refractivity contribution in [2.75, 3.05) is 13.7 Å². The standard InChI is InChI=1S/C15H16N2O4/c1-21-11(8-13(18)19)9-17-15(20)12-6-2-4-10-5-3-7-16-14(10)12/h2-7,11H,8-9H2,1H3,(H,17,20)(H,18,19). The summed E-state index contributed by atoms with van der Waals surface area (Å²) in [7, 11) is 1.42. The van der Waals surface area contributed by atoms with Crippen LogP contribution in [0.3, 0.4) is 0 Å². The van der Waals surface area contributed by atoms with Gasteiger partial charge in [-0.1, -0.05) is 18.2 Å². The molecule has 1 unspecified atom stereocenters. The largest absolute Gasteiger partial charge is 0.481 e. The number of carboxylic acids is 1. The lowest BCUT2D eigenvalue weighted by Crippen LogP contribution is -2.34. The Bertz CT molecular complexity index is 652. The zero-order chi connectivity index (χ0) is 15.2. The lowest BCUT2D eigenvalue weighted by molar-refractivity contribution is -0.139. The zero-order valence-electron chi connectivity index (χ0n) is 11.6. The molecule has 1 atom stereocenters. The average molecular weight is 288 g/mol. The maximum absolute atomic E-state index is 12.2. The topological polar surface area (TPSA) is 88.5 Å². The van der Waals surface area contributed by atoms with Crippen LogP contribution in [-0.4, -0.2) is 41.7 Å². The van der Waals surface area contributed by atoms with Crippen molar-refractivity contribution in [2.45, 2.75) is 12.5 Å². The molecule has 0 aliphatic carbocycles. The molecule has 2 N–H and O–H groups in total. The predicted molar refractivity (Wildman–Crippen MR) is 77.1 cm³/mol. The molecule has 2 aromatic rings. The van der Waals surface area contributed by atoms with E-state index in [0.717, 1.165) is 5.39 Å². The van der Waals surface area contributed by atoms with E-state index in [1.54, 1.807) is 24.4 Å². The van der Waals surface area contributed by atoms with Crippen molar-refractivity contribution in [1.29, 1.82) is 0 Å². The van der Waals surface area contributed by atoms with E-state index in [4.69, 9.17) is 9.84 Å². The summed E-state index contributed by atoms with van der Waals surface area (Å²) >= 11 is 0. The smallest absolute Gasteiger partial charge is 0.306 e. The number of aromatic nitrogens is 1. The minimum atomic E-state index is -0.970. The van der Waals surface area contributed by atoms with Crippen LogP contribution in [0.15, 0.2) is 36.5 Å². The van der Waals surface area contributed by atoms with Crippen LogP contribution in [0, 0.1) is 0 Å². The van der Waals surface area contributed by atoms with Gasteiger partial charge in [0.1, 0.15) is 0 Å². The Hall–Kier alpha value is -2.47. The molecule has 1 aromatic heterocycles. The number of hydrogen-bond donors (Lipinski definition) is 2. The third-order valence-corrected chi connectivity index (χ3v) is 3.10. The van der Waals surface area contributed by atoms with E-state index in [-0.39, 0.29) is 18.9 Å². The van der Waals surface area contributed by atoms with Gasteiger partial charge in [-0.3, -0.25) is 14.6 Å². The summed E-state index contributed by atoms with van der Waals surface area (Å²) in [5, 5.41) is 12.3. The number of carbonyl (C=O) groups is 2. The van der Waals surface area contributed by atoms with Gasteiger partial charge in [0, 0.05) is 25.2 Å². The van der Waals surface area contributed by atoms with Crippen LogP contribution in [0.1, 0.15) is 16.8 Å². The van der Waals surface area contributed by atoms with Gasteiger partial charge < -0.3 is 15.2 Å². The Morgan fingerprint density at radius 3 is 2.81 bits per heavy atom. The molecule has 0 spiro atoms. The molecular formula is C15H16N2O4. The molecule has 2 rings (SSSR count). The molecule has 6 nitrogen and oxygen atoms in total. The summed E-state index contributed by atoms with van der Waals surface area (Å²) in [4.78, 5) is 27.1.